The van der Waals surface area contributed by atoms with Gasteiger partial charge >= 0.3 is 5.97 Å². The largest absolute Gasteiger partial charge is 0.480 e. The summed E-state index contributed by atoms with van der Waals surface area (Å²) in [6.45, 7) is -0.351. The number of hydrogen-bond acceptors (Lipinski definition) is 4. The highest BCUT2D eigenvalue weighted by atomic mass is 35.5. The highest BCUT2D eigenvalue weighted by Gasteiger charge is 2.27. The van der Waals surface area contributed by atoms with E-state index in [-0.39, 0.29) is 18.2 Å². The van der Waals surface area contributed by atoms with Crippen LogP contribution in [0.25, 0.3) is 0 Å². The highest BCUT2D eigenvalue weighted by Crippen LogP contribution is 2.34. The maximum atomic E-state index is 11.6. The van der Waals surface area contributed by atoms with Crippen LogP contribution in [0, 0.1) is 0 Å². The summed E-state index contributed by atoms with van der Waals surface area (Å²) < 4.78 is 0. The number of hydrogen-bond donors (Lipinski definition) is 1. The van der Waals surface area contributed by atoms with Gasteiger partial charge in [0.05, 0.1) is 11.4 Å². The summed E-state index contributed by atoms with van der Waals surface area (Å²) in [6.07, 6.45) is 0. The molecule has 7 heteroatoms. The van der Waals surface area contributed by atoms with E-state index in [1.54, 1.807) is 6.07 Å². The number of pyridine rings is 1. The Kier molecular flexibility index (Phi) is 3.02. The zero-order chi connectivity index (χ0) is 11.7. The molecule has 1 aliphatic heterocycles. The van der Waals surface area contributed by atoms with Crippen LogP contribution in [0.1, 0.15) is 0 Å². The quantitative estimate of drug-likeness (QED) is 0.809. The molecule has 2 rings (SSSR count). The Morgan fingerprint density at radius 3 is 3.06 bits per heavy atom. The number of amides is 1. The Labute approximate surface area is 100 Å². The molecular formula is C9H7ClN2O3S. The summed E-state index contributed by atoms with van der Waals surface area (Å²) in [6, 6.07) is 3.14. The molecule has 84 valence electrons. The van der Waals surface area contributed by atoms with Crippen LogP contribution >= 0.6 is 23.4 Å². The molecule has 0 atom stereocenters. The predicted molar refractivity (Wildman–Crippen MR) is 60.0 cm³/mol. The lowest BCUT2D eigenvalue weighted by molar-refractivity contribution is -0.136. The minimum absolute atomic E-state index is 0.188. The van der Waals surface area contributed by atoms with E-state index in [9.17, 15) is 9.59 Å². The summed E-state index contributed by atoms with van der Waals surface area (Å²) in [5, 5.41) is 9.64. The molecule has 2 heterocycles. The minimum atomic E-state index is -1.05. The third kappa shape index (κ3) is 2.12. The van der Waals surface area contributed by atoms with Crippen LogP contribution < -0.4 is 4.90 Å². The lowest BCUT2D eigenvalue weighted by atomic mass is 10.3. The Hall–Kier alpha value is -1.27. The number of nitrogens with zero attached hydrogens (tertiary/aromatic N) is 2. The standard InChI is InChI=1S/C9H7ClN2O3S/c10-6-2-1-5-9(11-6)16-4-7(13)12(5)3-8(14)15/h1-2H,3-4H2,(H,14,15). The van der Waals surface area contributed by atoms with Crippen molar-refractivity contribution < 1.29 is 14.7 Å². The molecule has 0 unspecified atom stereocenters. The number of anilines is 1. The normalized spacial score (nSPS) is 14.8. The number of halogens is 1. The first kappa shape index (κ1) is 11.2. The van der Waals surface area contributed by atoms with E-state index in [0.29, 0.717) is 15.9 Å². The van der Waals surface area contributed by atoms with E-state index in [1.165, 1.54) is 22.7 Å². The van der Waals surface area contributed by atoms with Gasteiger partial charge in [-0.05, 0) is 12.1 Å². The van der Waals surface area contributed by atoms with Gasteiger partial charge in [-0.2, -0.15) is 0 Å². The van der Waals surface area contributed by atoms with Crippen LogP contribution in [-0.4, -0.2) is 34.3 Å². The second-order valence-corrected chi connectivity index (χ2v) is 4.47. The van der Waals surface area contributed by atoms with E-state index in [0.717, 1.165) is 0 Å². The summed E-state index contributed by atoms with van der Waals surface area (Å²) in [7, 11) is 0. The molecular weight excluding hydrogens is 252 g/mol. The second-order valence-electron chi connectivity index (χ2n) is 3.12. The number of thioether (sulfide) groups is 1. The minimum Gasteiger partial charge on any atom is -0.480 e. The van der Waals surface area contributed by atoms with Gasteiger partial charge in [-0.3, -0.25) is 14.5 Å². The molecule has 1 aromatic heterocycles. The molecule has 0 bridgehead atoms. The number of aromatic nitrogens is 1. The zero-order valence-electron chi connectivity index (χ0n) is 8.01. The van der Waals surface area contributed by atoms with Crippen LogP contribution in [-0.2, 0) is 9.59 Å². The van der Waals surface area contributed by atoms with Crippen LogP contribution in [0.5, 0.6) is 0 Å². The fourth-order valence-electron chi connectivity index (χ4n) is 1.37. The molecule has 1 amide bonds. The van der Waals surface area contributed by atoms with Crippen molar-refractivity contribution in [3.63, 3.8) is 0 Å². The number of carboxylic acid groups (broad SMARTS) is 1. The molecule has 1 aliphatic rings. The predicted octanol–water partition coefficient (Wildman–Crippen LogP) is 1.26. The average Bonchev–Trinajstić information content (AvgIpc) is 2.22. The summed E-state index contributed by atoms with van der Waals surface area (Å²) >= 11 is 6.98. The van der Waals surface area contributed by atoms with Gasteiger partial charge in [0.2, 0.25) is 5.91 Å². The van der Waals surface area contributed by atoms with E-state index in [4.69, 9.17) is 16.7 Å². The monoisotopic (exact) mass is 258 g/mol. The van der Waals surface area contributed by atoms with Gasteiger partial charge < -0.3 is 5.11 Å². The van der Waals surface area contributed by atoms with Gasteiger partial charge in [0.25, 0.3) is 0 Å². The van der Waals surface area contributed by atoms with Gasteiger partial charge in [0.15, 0.2) is 0 Å². The summed E-state index contributed by atoms with van der Waals surface area (Å²) in [5.74, 6) is -1.10. The van der Waals surface area contributed by atoms with Gasteiger partial charge in [0.1, 0.15) is 16.7 Å². The number of carbonyl (C=O) groups excluding carboxylic acids is 1. The Bertz CT molecular complexity index is 466. The van der Waals surface area contributed by atoms with E-state index in [1.807, 2.05) is 0 Å². The Morgan fingerprint density at radius 1 is 1.62 bits per heavy atom. The molecule has 0 spiro atoms. The highest BCUT2D eigenvalue weighted by molar-refractivity contribution is 8.00. The first-order valence-corrected chi connectivity index (χ1v) is 5.76. The van der Waals surface area contributed by atoms with Crippen molar-refractivity contribution in [1.82, 2.24) is 4.98 Å². The lowest BCUT2D eigenvalue weighted by Gasteiger charge is -2.26. The fourth-order valence-corrected chi connectivity index (χ4v) is 2.48. The first-order valence-electron chi connectivity index (χ1n) is 4.39. The molecule has 5 nitrogen and oxygen atoms in total. The molecule has 0 aromatic carbocycles. The Balaban J connectivity index is 2.40. The van der Waals surface area contributed by atoms with Crippen LogP contribution in [0.2, 0.25) is 5.15 Å². The van der Waals surface area contributed by atoms with E-state index >= 15 is 0 Å². The number of rotatable bonds is 2. The van der Waals surface area contributed by atoms with Crippen molar-refractivity contribution in [2.75, 3.05) is 17.2 Å². The third-order valence-corrected chi connectivity index (χ3v) is 3.20. The van der Waals surface area contributed by atoms with Gasteiger partial charge in [-0.15, -0.1) is 0 Å². The summed E-state index contributed by atoms with van der Waals surface area (Å²) in [4.78, 5) is 27.5. The van der Waals surface area contributed by atoms with Crippen LogP contribution in [0.15, 0.2) is 17.2 Å². The molecule has 16 heavy (non-hydrogen) atoms. The number of carboxylic acids is 1. The maximum absolute atomic E-state index is 11.6. The van der Waals surface area contributed by atoms with Crippen molar-refractivity contribution in [2.24, 2.45) is 0 Å². The van der Waals surface area contributed by atoms with Crippen molar-refractivity contribution in [3.8, 4) is 0 Å². The number of carbonyl (C=O) groups is 2. The molecule has 1 aromatic rings. The van der Waals surface area contributed by atoms with Gasteiger partial charge in [-0.1, -0.05) is 23.4 Å². The van der Waals surface area contributed by atoms with Gasteiger partial charge in [-0.25, -0.2) is 4.98 Å². The molecule has 0 radical (unpaired) electrons. The SMILES string of the molecule is O=C(O)CN1C(=O)CSc2nc(Cl)ccc21. The van der Waals surface area contributed by atoms with E-state index in [2.05, 4.69) is 4.98 Å². The summed E-state index contributed by atoms with van der Waals surface area (Å²) in [5.41, 5.74) is 0.507. The lowest BCUT2D eigenvalue weighted by Crippen LogP contribution is -2.39. The van der Waals surface area contributed by atoms with Crippen LogP contribution in [0.4, 0.5) is 5.69 Å². The first-order chi connectivity index (χ1) is 7.58. The molecule has 0 saturated heterocycles. The second kappa shape index (κ2) is 4.31. The third-order valence-electron chi connectivity index (χ3n) is 2.02. The molecule has 0 saturated carbocycles. The number of aliphatic carboxylic acids is 1. The maximum Gasteiger partial charge on any atom is 0.323 e. The smallest absolute Gasteiger partial charge is 0.323 e. The molecule has 0 aliphatic carbocycles. The molecule has 0 fully saturated rings. The van der Waals surface area contributed by atoms with Crippen molar-refractivity contribution in [2.45, 2.75) is 5.03 Å². The van der Waals surface area contributed by atoms with Crippen molar-refractivity contribution >= 4 is 40.9 Å². The topological polar surface area (TPSA) is 70.5 Å². The average molecular weight is 259 g/mol. The van der Waals surface area contributed by atoms with Gasteiger partial charge in [0, 0.05) is 0 Å². The molecule has 1 N–H and O–H groups in total. The van der Waals surface area contributed by atoms with Crippen molar-refractivity contribution in [3.05, 3.63) is 17.3 Å². The fraction of sp³-hybridized carbons (Fsp3) is 0.222. The van der Waals surface area contributed by atoms with Crippen LogP contribution in [0.3, 0.4) is 0 Å². The zero-order valence-corrected chi connectivity index (χ0v) is 9.59. The van der Waals surface area contributed by atoms with E-state index < -0.39 is 5.97 Å². The Morgan fingerprint density at radius 2 is 2.38 bits per heavy atom. The van der Waals surface area contributed by atoms with Crippen molar-refractivity contribution in [1.29, 1.82) is 0 Å². The number of fused-ring (bicyclic) bond motifs is 1.